The van der Waals surface area contributed by atoms with Crippen molar-refractivity contribution >= 4 is 10.9 Å². The Morgan fingerprint density at radius 2 is 1.70 bits per heavy atom. The lowest BCUT2D eigenvalue weighted by atomic mass is 10.1. The molecule has 6 rings (SSSR count). The highest BCUT2D eigenvalue weighted by molar-refractivity contribution is 5.88. The van der Waals surface area contributed by atoms with Gasteiger partial charge >= 0.3 is 0 Å². The van der Waals surface area contributed by atoms with E-state index in [0.29, 0.717) is 47.3 Å². The van der Waals surface area contributed by atoms with E-state index in [-0.39, 0.29) is 5.56 Å². The molecule has 5 aromatic rings. The van der Waals surface area contributed by atoms with Crippen molar-refractivity contribution in [1.29, 1.82) is 0 Å². The van der Waals surface area contributed by atoms with Gasteiger partial charge in [-0.2, -0.15) is 0 Å². The van der Waals surface area contributed by atoms with E-state index in [1.165, 1.54) is 0 Å². The van der Waals surface area contributed by atoms with Crippen molar-refractivity contribution in [2.75, 3.05) is 46.6 Å². The average molecular weight is 593 g/mol. The number of ether oxygens (including phenoxy) is 4. The molecule has 0 saturated carbocycles. The Balaban J connectivity index is 1.15. The van der Waals surface area contributed by atoms with Crippen molar-refractivity contribution in [2.45, 2.75) is 19.8 Å². The number of fused-ring (bicyclic) bond motifs is 1. The second kappa shape index (κ2) is 13.7. The van der Waals surface area contributed by atoms with Gasteiger partial charge in [-0.3, -0.25) is 19.2 Å². The Labute approximate surface area is 256 Å². The van der Waals surface area contributed by atoms with E-state index in [0.717, 1.165) is 61.4 Å². The first kappa shape index (κ1) is 29.3. The molecule has 3 aromatic carbocycles. The molecule has 1 fully saturated rings. The van der Waals surface area contributed by atoms with Gasteiger partial charge in [-0.05, 0) is 55.3 Å². The summed E-state index contributed by atoms with van der Waals surface area (Å²) in [6.07, 6.45) is 4.83. The molecule has 0 amide bonds. The lowest BCUT2D eigenvalue weighted by Crippen LogP contribution is -2.37. The SMILES string of the molecule is COc1cc2c(Oc3ccc(-n4cnc(Cc5ccccc5)c(C)c4=O)cc3)ccnc2cc1OCCCN1CCOCC1. The van der Waals surface area contributed by atoms with Crippen LogP contribution < -0.4 is 19.8 Å². The molecule has 9 heteroatoms. The van der Waals surface area contributed by atoms with Crippen LogP contribution >= 0.6 is 0 Å². The summed E-state index contributed by atoms with van der Waals surface area (Å²) >= 11 is 0. The zero-order valence-electron chi connectivity index (χ0n) is 25.1. The van der Waals surface area contributed by atoms with Gasteiger partial charge in [0, 0.05) is 49.3 Å². The van der Waals surface area contributed by atoms with Gasteiger partial charge in [0.25, 0.3) is 5.56 Å². The first-order valence-corrected chi connectivity index (χ1v) is 14.9. The Kier molecular flexibility index (Phi) is 9.14. The lowest BCUT2D eigenvalue weighted by Gasteiger charge is -2.26. The van der Waals surface area contributed by atoms with Crippen molar-refractivity contribution in [3.05, 3.63) is 112 Å². The fourth-order valence-electron chi connectivity index (χ4n) is 5.32. The number of nitrogens with zero attached hydrogens (tertiary/aromatic N) is 4. The van der Waals surface area contributed by atoms with Crippen LogP contribution in [0.15, 0.2) is 90.1 Å². The highest BCUT2D eigenvalue weighted by Crippen LogP contribution is 2.37. The van der Waals surface area contributed by atoms with E-state index in [4.69, 9.17) is 18.9 Å². The molecule has 0 spiro atoms. The summed E-state index contributed by atoms with van der Waals surface area (Å²) < 4.78 is 25.0. The predicted octanol–water partition coefficient (Wildman–Crippen LogP) is 5.58. The zero-order valence-corrected chi connectivity index (χ0v) is 25.1. The first-order valence-electron chi connectivity index (χ1n) is 14.9. The molecule has 2 aromatic heterocycles. The zero-order chi connectivity index (χ0) is 30.3. The van der Waals surface area contributed by atoms with Crippen LogP contribution in [0, 0.1) is 6.92 Å². The van der Waals surface area contributed by atoms with Gasteiger partial charge < -0.3 is 18.9 Å². The average Bonchev–Trinajstić information content (AvgIpc) is 3.06. The van der Waals surface area contributed by atoms with Crippen LogP contribution in [0.5, 0.6) is 23.0 Å². The summed E-state index contributed by atoms with van der Waals surface area (Å²) in [5, 5.41) is 0.805. The van der Waals surface area contributed by atoms with Crippen molar-refractivity contribution in [2.24, 2.45) is 0 Å². The highest BCUT2D eigenvalue weighted by atomic mass is 16.5. The van der Waals surface area contributed by atoms with Crippen LogP contribution in [0.3, 0.4) is 0 Å². The number of hydrogen-bond acceptors (Lipinski definition) is 8. The number of methoxy groups -OCH3 is 1. The molecule has 1 saturated heterocycles. The Morgan fingerprint density at radius 1 is 0.909 bits per heavy atom. The Bertz CT molecular complexity index is 1770. The minimum atomic E-state index is -0.0917. The molecule has 226 valence electrons. The summed E-state index contributed by atoms with van der Waals surface area (Å²) in [5.41, 5.74) is 3.89. The molecule has 1 aliphatic rings. The monoisotopic (exact) mass is 592 g/mol. The third-order valence-electron chi connectivity index (χ3n) is 7.83. The number of benzene rings is 3. The number of pyridine rings is 1. The summed E-state index contributed by atoms with van der Waals surface area (Å²) in [4.78, 5) is 24.7. The second-order valence-corrected chi connectivity index (χ2v) is 10.7. The van der Waals surface area contributed by atoms with Gasteiger partial charge in [0.05, 0.1) is 43.8 Å². The van der Waals surface area contributed by atoms with Crippen molar-refractivity contribution in [1.82, 2.24) is 19.4 Å². The molecule has 0 N–H and O–H groups in total. The fourth-order valence-corrected chi connectivity index (χ4v) is 5.32. The quantitative estimate of drug-likeness (QED) is 0.184. The molecule has 0 aliphatic carbocycles. The van der Waals surface area contributed by atoms with Crippen LogP contribution in [0.4, 0.5) is 0 Å². The van der Waals surface area contributed by atoms with E-state index in [1.54, 1.807) is 24.2 Å². The molecule has 0 atom stereocenters. The maximum atomic E-state index is 13.2. The summed E-state index contributed by atoms with van der Waals surface area (Å²) in [7, 11) is 1.63. The standard InChI is InChI=1S/C35H36N4O5/c1-25-30(21-26-7-4-3-5-8-26)37-24-39(35(25)40)27-9-11-28(12-10-27)44-32-13-14-36-31-23-34(33(41-2)22-29(31)32)43-18-6-15-38-16-19-42-20-17-38/h3-5,7-14,22-24H,6,15-21H2,1-2H3. The van der Waals surface area contributed by atoms with E-state index in [9.17, 15) is 4.79 Å². The number of rotatable bonds is 11. The maximum absolute atomic E-state index is 13.2. The van der Waals surface area contributed by atoms with Crippen LogP contribution in [0.2, 0.25) is 0 Å². The van der Waals surface area contributed by atoms with Gasteiger partial charge in [0.2, 0.25) is 0 Å². The van der Waals surface area contributed by atoms with Crippen molar-refractivity contribution in [3.8, 4) is 28.7 Å². The van der Waals surface area contributed by atoms with Gasteiger partial charge in [-0.25, -0.2) is 4.98 Å². The molecule has 0 bridgehead atoms. The summed E-state index contributed by atoms with van der Waals surface area (Å²) in [5.74, 6) is 2.54. The minimum Gasteiger partial charge on any atom is -0.493 e. The molecule has 3 heterocycles. The normalized spacial score (nSPS) is 13.6. The number of aromatic nitrogens is 3. The molecule has 0 unspecified atom stereocenters. The van der Waals surface area contributed by atoms with E-state index >= 15 is 0 Å². The number of morpholine rings is 1. The molecular weight excluding hydrogens is 556 g/mol. The van der Waals surface area contributed by atoms with Crippen LogP contribution in [0.1, 0.15) is 23.2 Å². The van der Waals surface area contributed by atoms with Crippen LogP contribution in [-0.2, 0) is 11.2 Å². The largest absolute Gasteiger partial charge is 0.493 e. The lowest BCUT2D eigenvalue weighted by molar-refractivity contribution is 0.0357. The first-order chi connectivity index (χ1) is 21.6. The third-order valence-corrected chi connectivity index (χ3v) is 7.83. The van der Waals surface area contributed by atoms with Gasteiger partial charge in [0.1, 0.15) is 17.8 Å². The molecule has 0 radical (unpaired) electrons. The van der Waals surface area contributed by atoms with Crippen LogP contribution in [-0.4, -0.2) is 66.0 Å². The fraction of sp³-hybridized carbons (Fsp3) is 0.286. The van der Waals surface area contributed by atoms with E-state index in [2.05, 4.69) is 14.9 Å². The molecule has 9 nitrogen and oxygen atoms in total. The van der Waals surface area contributed by atoms with E-state index < -0.39 is 0 Å². The molecule has 1 aliphatic heterocycles. The molecule has 44 heavy (non-hydrogen) atoms. The van der Waals surface area contributed by atoms with Crippen molar-refractivity contribution < 1.29 is 18.9 Å². The maximum Gasteiger partial charge on any atom is 0.261 e. The van der Waals surface area contributed by atoms with Gasteiger partial charge in [0.15, 0.2) is 11.5 Å². The van der Waals surface area contributed by atoms with Crippen molar-refractivity contribution in [3.63, 3.8) is 0 Å². The summed E-state index contributed by atoms with van der Waals surface area (Å²) in [6.45, 7) is 6.89. The van der Waals surface area contributed by atoms with Gasteiger partial charge in [-0.1, -0.05) is 30.3 Å². The molecular formula is C35H36N4O5. The Morgan fingerprint density at radius 3 is 2.48 bits per heavy atom. The minimum absolute atomic E-state index is 0.0917. The smallest absolute Gasteiger partial charge is 0.261 e. The topological polar surface area (TPSA) is 87.9 Å². The highest BCUT2D eigenvalue weighted by Gasteiger charge is 2.14. The van der Waals surface area contributed by atoms with Crippen LogP contribution in [0.25, 0.3) is 16.6 Å². The number of hydrogen-bond donors (Lipinski definition) is 0. The third kappa shape index (κ3) is 6.74. The summed E-state index contributed by atoms with van der Waals surface area (Å²) in [6, 6.07) is 23.0. The van der Waals surface area contributed by atoms with Gasteiger partial charge in [-0.15, -0.1) is 0 Å². The Hall–Kier alpha value is -4.73. The van der Waals surface area contributed by atoms with E-state index in [1.807, 2.05) is 79.7 Å². The second-order valence-electron chi connectivity index (χ2n) is 10.7. The predicted molar refractivity (Wildman–Crippen MR) is 170 cm³/mol.